The lowest BCUT2D eigenvalue weighted by Gasteiger charge is -2.37. The first-order valence-electron chi connectivity index (χ1n) is 12.1. The molecule has 1 aliphatic heterocycles. The van der Waals surface area contributed by atoms with Gasteiger partial charge in [-0.1, -0.05) is 0 Å². The third kappa shape index (κ3) is 4.20. The van der Waals surface area contributed by atoms with Crippen molar-refractivity contribution in [2.24, 2.45) is 0 Å². The summed E-state index contributed by atoms with van der Waals surface area (Å²) in [4.78, 5) is 17.1. The van der Waals surface area contributed by atoms with Crippen LogP contribution in [0.25, 0.3) is 39.2 Å². The molecular formula is C27H28FN7O. The number of piperazine rings is 1. The molecule has 1 fully saturated rings. The van der Waals surface area contributed by atoms with Crippen LogP contribution in [0, 0.1) is 5.82 Å². The molecule has 0 aliphatic carbocycles. The van der Waals surface area contributed by atoms with Gasteiger partial charge in [-0.25, -0.2) is 18.9 Å². The molecule has 0 spiro atoms. The molecule has 9 heteroatoms. The van der Waals surface area contributed by atoms with Crippen LogP contribution in [0.15, 0.2) is 60.9 Å². The molecule has 0 saturated carbocycles. The molecule has 2 N–H and O–H groups in total. The van der Waals surface area contributed by atoms with E-state index in [1.165, 1.54) is 12.1 Å². The number of rotatable bonds is 5. The number of hydrogen-bond acceptors (Lipinski definition) is 6. The second-order valence-corrected chi connectivity index (χ2v) is 9.95. The highest BCUT2D eigenvalue weighted by Gasteiger charge is 2.25. The van der Waals surface area contributed by atoms with E-state index in [0.29, 0.717) is 12.2 Å². The minimum Gasteiger partial charge on any atom is -0.389 e. The normalized spacial score (nSPS) is 15.3. The summed E-state index contributed by atoms with van der Waals surface area (Å²) in [6.45, 7) is 7.69. The number of benzene rings is 1. The molecule has 0 atom stereocenters. The molecule has 5 heterocycles. The van der Waals surface area contributed by atoms with Crippen molar-refractivity contribution in [2.45, 2.75) is 19.4 Å². The van der Waals surface area contributed by atoms with Crippen LogP contribution < -0.4 is 4.90 Å². The Morgan fingerprint density at radius 3 is 2.53 bits per heavy atom. The Kier molecular flexibility index (Phi) is 5.46. The Labute approximate surface area is 208 Å². The monoisotopic (exact) mass is 485 g/mol. The number of pyridine rings is 1. The van der Waals surface area contributed by atoms with E-state index in [1.807, 2.05) is 48.8 Å². The predicted molar refractivity (Wildman–Crippen MR) is 138 cm³/mol. The van der Waals surface area contributed by atoms with Gasteiger partial charge < -0.3 is 15.0 Å². The van der Waals surface area contributed by atoms with E-state index in [1.54, 1.807) is 18.3 Å². The lowest BCUT2D eigenvalue weighted by Crippen LogP contribution is -2.50. The molecule has 0 bridgehead atoms. The van der Waals surface area contributed by atoms with Crippen molar-refractivity contribution < 1.29 is 9.50 Å². The molecule has 0 amide bonds. The number of H-pyrrole nitrogens is 1. The Hall–Kier alpha value is -3.82. The Bertz CT molecular complexity index is 1530. The Morgan fingerprint density at radius 1 is 1.00 bits per heavy atom. The van der Waals surface area contributed by atoms with Crippen molar-refractivity contribution in [1.29, 1.82) is 0 Å². The van der Waals surface area contributed by atoms with E-state index in [2.05, 4.69) is 19.8 Å². The molecule has 8 nitrogen and oxygen atoms in total. The number of imidazole rings is 1. The predicted octanol–water partition coefficient (Wildman–Crippen LogP) is 3.97. The second kappa shape index (κ2) is 8.69. The van der Waals surface area contributed by atoms with E-state index < -0.39 is 5.60 Å². The number of anilines is 1. The van der Waals surface area contributed by atoms with Crippen molar-refractivity contribution in [3.8, 4) is 22.5 Å². The molecule has 1 aliphatic rings. The van der Waals surface area contributed by atoms with Crippen molar-refractivity contribution in [1.82, 2.24) is 29.5 Å². The number of hydrogen-bond donors (Lipinski definition) is 2. The zero-order chi connectivity index (χ0) is 24.9. The van der Waals surface area contributed by atoms with Crippen LogP contribution >= 0.6 is 0 Å². The summed E-state index contributed by atoms with van der Waals surface area (Å²) in [5.41, 5.74) is 4.14. The molecule has 0 unspecified atom stereocenters. The summed E-state index contributed by atoms with van der Waals surface area (Å²) in [6.07, 6.45) is 3.64. The fourth-order valence-electron chi connectivity index (χ4n) is 4.99. The number of β-amino-alcohol motifs (C(OH)–C–C–N with tert-alkyl or cyclic N) is 1. The lowest BCUT2D eigenvalue weighted by atomic mass is 10.0. The maximum absolute atomic E-state index is 13.7. The highest BCUT2D eigenvalue weighted by molar-refractivity contribution is 5.96. The maximum Gasteiger partial charge on any atom is 0.155 e. The average Bonchev–Trinajstić information content (AvgIpc) is 3.48. The summed E-state index contributed by atoms with van der Waals surface area (Å²) in [6, 6.07) is 14.4. The number of aromatic amines is 1. The van der Waals surface area contributed by atoms with Crippen LogP contribution in [0.4, 0.5) is 10.2 Å². The standard InChI is InChI=1S/C27H28FN7O/c1-27(2,36)17-33-13-15-34(16-14-33)23-8-7-22-31-24(18-3-5-19(28)6-4-18)25(35(22)32-23)20-9-11-29-26-21(20)10-12-30-26/h3-12,36H,13-17H2,1-2H3,(H,29,30). The molecule has 6 rings (SSSR count). The van der Waals surface area contributed by atoms with Gasteiger partial charge in [-0.2, -0.15) is 0 Å². The lowest BCUT2D eigenvalue weighted by molar-refractivity contribution is 0.0344. The smallest absolute Gasteiger partial charge is 0.155 e. The van der Waals surface area contributed by atoms with Crippen LogP contribution in [0.5, 0.6) is 0 Å². The van der Waals surface area contributed by atoms with Crippen LogP contribution in [0.3, 0.4) is 0 Å². The summed E-state index contributed by atoms with van der Waals surface area (Å²) in [5.74, 6) is 0.583. The molecule has 36 heavy (non-hydrogen) atoms. The van der Waals surface area contributed by atoms with Gasteiger partial charge in [-0.15, -0.1) is 5.10 Å². The van der Waals surface area contributed by atoms with Gasteiger partial charge in [0.2, 0.25) is 0 Å². The molecule has 4 aromatic heterocycles. The van der Waals surface area contributed by atoms with Gasteiger partial charge in [0.1, 0.15) is 23.0 Å². The number of halogens is 1. The largest absolute Gasteiger partial charge is 0.389 e. The van der Waals surface area contributed by atoms with Crippen molar-refractivity contribution in [3.63, 3.8) is 0 Å². The quantitative estimate of drug-likeness (QED) is 0.392. The van der Waals surface area contributed by atoms with Crippen molar-refractivity contribution in [3.05, 3.63) is 66.7 Å². The Morgan fingerprint density at radius 2 is 1.78 bits per heavy atom. The number of aliphatic hydroxyl groups is 1. The average molecular weight is 486 g/mol. The van der Waals surface area contributed by atoms with Gasteiger partial charge in [0.15, 0.2) is 5.65 Å². The summed E-state index contributed by atoms with van der Waals surface area (Å²) < 4.78 is 15.6. The molecular weight excluding hydrogens is 457 g/mol. The van der Waals surface area contributed by atoms with Gasteiger partial charge in [-0.3, -0.25) is 4.90 Å². The highest BCUT2D eigenvalue weighted by Crippen LogP contribution is 2.36. The zero-order valence-corrected chi connectivity index (χ0v) is 20.3. The second-order valence-electron chi connectivity index (χ2n) is 9.95. The molecule has 5 aromatic rings. The summed E-state index contributed by atoms with van der Waals surface area (Å²) in [5, 5.41) is 16.2. The zero-order valence-electron chi connectivity index (χ0n) is 20.3. The van der Waals surface area contributed by atoms with Crippen LogP contribution in [-0.4, -0.2) is 72.9 Å². The first-order chi connectivity index (χ1) is 17.4. The van der Waals surface area contributed by atoms with Gasteiger partial charge in [0.25, 0.3) is 0 Å². The molecule has 0 radical (unpaired) electrons. The fraction of sp³-hybridized carbons (Fsp3) is 0.296. The van der Waals surface area contributed by atoms with Crippen LogP contribution in [-0.2, 0) is 0 Å². The number of nitrogens with one attached hydrogen (secondary N) is 1. The SMILES string of the molecule is CC(C)(O)CN1CCN(c2ccc3nc(-c4ccc(F)cc4)c(-c4ccnc5[nH]ccc45)n3n2)CC1. The molecule has 184 valence electrons. The first-order valence-corrected chi connectivity index (χ1v) is 12.1. The van der Waals surface area contributed by atoms with Gasteiger partial charge in [-0.05, 0) is 62.4 Å². The minimum atomic E-state index is -0.712. The van der Waals surface area contributed by atoms with Crippen molar-refractivity contribution >= 4 is 22.5 Å². The highest BCUT2D eigenvalue weighted by atomic mass is 19.1. The van der Waals surface area contributed by atoms with Crippen molar-refractivity contribution in [2.75, 3.05) is 37.6 Å². The van der Waals surface area contributed by atoms with E-state index >= 15 is 0 Å². The summed E-state index contributed by atoms with van der Waals surface area (Å²) in [7, 11) is 0. The molecule has 1 saturated heterocycles. The first kappa shape index (κ1) is 22.6. The number of nitrogens with zero attached hydrogens (tertiary/aromatic N) is 6. The van der Waals surface area contributed by atoms with Crippen LogP contribution in [0.2, 0.25) is 0 Å². The number of fused-ring (bicyclic) bond motifs is 2. The minimum absolute atomic E-state index is 0.287. The summed E-state index contributed by atoms with van der Waals surface area (Å²) >= 11 is 0. The topological polar surface area (TPSA) is 85.6 Å². The van der Waals surface area contributed by atoms with Gasteiger partial charge >= 0.3 is 0 Å². The third-order valence-corrected chi connectivity index (χ3v) is 6.60. The van der Waals surface area contributed by atoms with Gasteiger partial charge in [0.05, 0.1) is 11.3 Å². The fourth-order valence-corrected chi connectivity index (χ4v) is 4.99. The van der Waals surface area contributed by atoms with E-state index in [4.69, 9.17) is 10.1 Å². The van der Waals surface area contributed by atoms with E-state index in [-0.39, 0.29) is 5.82 Å². The maximum atomic E-state index is 13.7. The van der Waals surface area contributed by atoms with E-state index in [0.717, 1.165) is 65.5 Å². The van der Waals surface area contributed by atoms with Gasteiger partial charge in [0, 0.05) is 61.6 Å². The number of aromatic nitrogens is 5. The third-order valence-electron chi connectivity index (χ3n) is 6.60. The molecule has 1 aromatic carbocycles. The van der Waals surface area contributed by atoms with Crippen LogP contribution in [0.1, 0.15) is 13.8 Å². The Balaban J connectivity index is 1.44. The van der Waals surface area contributed by atoms with E-state index in [9.17, 15) is 9.50 Å².